The molecule has 2 rings (SSSR count). The number of hydrogen-bond donors (Lipinski definition) is 3. The Morgan fingerprint density at radius 3 is 2.45 bits per heavy atom. The molecule has 4 nitrogen and oxygen atoms in total. The van der Waals surface area contributed by atoms with Gasteiger partial charge in [0.1, 0.15) is 11.8 Å². The third-order valence-electron chi connectivity index (χ3n) is 3.30. The van der Waals surface area contributed by atoms with E-state index in [-0.39, 0.29) is 28.8 Å². The van der Waals surface area contributed by atoms with Gasteiger partial charge in [0.05, 0.1) is 5.69 Å². The van der Waals surface area contributed by atoms with E-state index in [4.69, 9.17) is 5.73 Å². The molecule has 1 aromatic rings. The Balaban J connectivity index is 2.49. The summed E-state index contributed by atoms with van der Waals surface area (Å²) in [6.07, 6.45) is -4.49. The summed E-state index contributed by atoms with van der Waals surface area (Å²) >= 11 is 3.08. The lowest BCUT2D eigenvalue weighted by atomic mass is 10.0. The van der Waals surface area contributed by atoms with Crippen LogP contribution in [0.5, 0.6) is 5.75 Å². The molecule has 112 valence electrons. The highest BCUT2D eigenvalue weighted by atomic mass is 79.9. The van der Waals surface area contributed by atoms with Gasteiger partial charge in [-0.2, -0.15) is 13.2 Å². The first-order valence-electron chi connectivity index (χ1n) is 6.10. The number of nitrogens with one attached hydrogen (secondary N) is 1. The van der Waals surface area contributed by atoms with Crippen LogP contribution in [0.4, 0.5) is 18.9 Å². The van der Waals surface area contributed by atoms with Crippen molar-refractivity contribution in [2.75, 3.05) is 31.9 Å². The number of phenolic OH excluding ortho intramolecular Hbond substituents is 1. The van der Waals surface area contributed by atoms with Crippen molar-refractivity contribution in [3.8, 4) is 5.75 Å². The third-order valence-corrected chi connectivity index (χ3v) is 3.99. The quantitative estimate of drug-likeness (QED) is 0.563. The van der Waals surface area contributed by atoms with Gasteiger partial charge in [0.25, 0.3) is 0 Å². The van der Waals surface area contributed by atoms with Crippen molar-refractivity contribution >= 4 is 21.6 Å². The number of alkyl halides is 3. The summed E-state index contributed by atoms with van der Waals surface area (Å²) in [5, 5.41) is 13.0. The van der Waals surface area contributed by atoms with Crippen LogP contribution in [0.2, 0.25) is 0 Å². The Bertz CT molecular complexity index is 490. The monoisotopic (exact) mass is 353 g/mol. The molecule has 0 aromatic heterocycles. The van der Waals surface area contributed by atoms with Gasteiger partial charge < -0.3 is 16.2 Å². The zero-order chi connectivity index (χ0) is 14.9. The number of benzene rings is 1. The van der Waals surface area contributed by atoms with Gasteiger partial charge in [-0.1, -0.05) is 15.9 Å². The van der Waals surface area contributed by atoms with Crippen LogP contribution >= 0.6 is 15.9 Å². The molecule has 1 aliphatic rings. The fourth-order valence-electron chi connectivity index (χ4n) is 2.35. The van der Waals surface area contributed by atoms with Crippen LogP contribution in [-0.2, 0) is 0 Å². The fraction of sp³-hybridized carbons (Fsp3) is 0.500. The number of rotatable bonds is 2. The number of anilines is 1. The summed E-state index contributed by atoms with van der Waals surface area (Å²) in [5.41, 5.74) is 5.25. The maximum absolute atomic E-state index is 13.4. The van der Waals surface area contributed by atoms with Crippen LogP contribution in [0.15, 0.2) is 16.6 Å². The summed E-state index contributed by atoms with van der Waals surface area (Å²) in [7, 11) is 0. The smallest absolute Gasteiger partial charge is 0.408 e. The second kappa shape index (κ2) is 5.79. The van der Waals surface area contributed by atoms with Crippen molar-refractivity contribution in [2.45, 2.75) is 12.2 Å². The molecule has 0 saturated carbocycles. The molecule has 4 N–H and O–H groups in total. The highest BCUT2D eigenvalue weighted by Crippen LogP contribution is 2.46. The number of nitrogens with two attached hydrogens (primary N) is 1. The highest BCUT2D eigenvalue weighted by Gasteiger charge is 2.47. The first-order valence-corrected chi connectivity index (χ1v) is 6.90. The molecule has 1 atom stereocenters. The van der Waals surface area contributed by atoms with Gasteiger partial charge in [-0.05, 0) is 12.1 Å². The van der Waals surface area contributed by atoms with Crippen molar-refractivity contribution in [3.05, 3.63) is 22.2 Å². The standard InChI is InChI=1S/C12H15BrF3N3O/c13-7-1-2-8(17)10(20)9(7)11(12(14,15)16)19-5-3-18-4-6-19/h1-2,11,18,20H,3-6,17H2/t11-/m0/s1. The van der Waals surface area contributed by atoms with Crippen molar-refractivity contribution in [1.82, 2.24) is 10.2 Å². The molecule has 0 spiro atoms. The summed E-state index contributed by atoms with van der Waals surface area (Å²) in [5.74, 6) is -0.514. The predicted molar refractivity (Wildman–Crippen MR) is 73.5 cm³/mol. The molecule has 0 bridgehead atoms. The second-order valence-corrected chi connectivity index (χ2v) is 5.48. The Morgan fingerprint density at radius 2 is 1.90 bits per heavy atom. The molecule has 1 fully saturated rings. The molecule has 1 aliphatic heterocycles. The van der Waals surface area contributed by atoms with E-state index >= 15 is 0 Å². The van der Waals surface area contributed by atoms with E-state index in [0.717, 1.165) is 0 Å². The van der Waals surface area contributed by atoms with Gasteiger partial charge in [0.15, 0.2) is 0 Å². The van der Waals surface area contributed by atoms with Gasteiger partial charge in [-0.15, -0.1) is 0 Å². The molecule has 0 radical (unpaired) electrons. The lowest BCUT2D eigenvalue weighted by Gasteiger charge is -2.36. The number of aromatic hydroxyl groups is 1. The lowest BCUT2D eigenvalue weighted by molar-refractivity contribution is -0.188. The van der Waals surface area contributed by atoms with Gasteiger partial charge in [-0.25, -0.2) is 0 Å². The van der Waals surface area contributed by atoms with E-state index in [0.29, 0.717) is 13.1 Å². The molecule has 1 heterocycles. The van der Waals surface area contributed by atoms with Gasteiger partial charge in [0, 0.05) is 36.2 Å². The Hall–Kier alpha value is -0.990. The van der Waals surface area contributed by atoms with Crippen LogP contribution in [0, 0.1) is 0 Å². The molecule has 0 unspecified atom stereocenters. The molecule has 0 amide bonds. The van der Waals surface area contributed by atoms with Crippen molar-refractivity contribution in [1.29, 1.82) is 0 Å². The van der Waals surface area contributed by atoms with Crippen LogP contribution in [0.1, 0.15) is 11.6 Å². The summed E-state index contributed by atoms with van der Waals surface area (Å²) < 4.78 is 40.5. The second-order valence-electron chi connectivity index (χ2n) is 4.63. The predicted octanol–water partition coefficient (Wildman–Crippen LogP) is 2.25. The van der Waals surface area contributed by atoms with Gasteiger partial charge in [-0.3, -0.25) is 4.90 Å². The number of nitrogens with zero attached hydrogens (tertiary/aromatic N) is 1. The van der Waals surface area contributed by atoms with Crippen molar-refractivity contribution < 1.29 is 18.3 Å². The molecular weight excluding hydrogens is 339 g/mol. The number of phenols is 1. The Morgan fingerprint density at radius 1 is 1.30 bits per heavy atom. The maximum atomic E-state index is 13.4. The number of nitrogen functional groups attached to an aromatic ring is 1. The first kappa shape index (κ1) is 15.4. The van der Waals surface area contributed by atoms with E-state index in [1.165, 1.54) is 17.0 Å². The normalized spacial score (nSPS) is 19.0. The molecule has 1 aromatic carbocycles. The van der Waals surface area contributed by atoms with Crippen molar-refractivity contribution in [2.24, 2.45) is 0 Å². The summed E-state index contributed by atoms with van der Waals surface area (Å²) in [6, 6.07) is 0.918. The SMILES string of the molecule is Nc1ccc(Br)c([C@H](N2CCNCC2)C(F)(F)F)c1O. The Labute approximate surface area is 122 Å². The van der Waals surface area contributed by atoms with Crippen LogP contribution < -0.4 is 11.1 Å². The fourth-order valence-corrected chi connectivity index (χ4v) is 2.89. The zero-order valence-corrected chi connectivity index (χ0v) is 12.1. The zero-order valence-electron chi connectivity index (χ0n) is 10.5. The van der Waals surface area contributed by atoms with E-state index in [9.17, 15) is 18.3 Å². The minimum atomic E-state index is -4.49. The largest absolute Gasteiger partial charge is 0.505 e. The molecule has 0 aliphatic carbocycles. The first-order chi connectivity index (χ1) is 9.32. The lowest BCUT2D eigenvalue weighted by Crippen LogP contribution is -2.49. The van der Waals surface area contributed by atoms with Gasteiger partial charge >= 0.3 is 6.18 Å². The van der Waals surface area contributed by atoms with E-state index in [1.807, 2.05) is 0 Å². The number of hydrogen-bond acceptors (Lipinski definition) is 4. The molecule has 20 heavy (non-hydrogen) atoms. The van der Waals surface area contributed by atoms with E-state index in [2.05, 4.69) is 21.2 Å². The summed E-state index contributed by atoms with van der Waals surface area (Å²) in [4.78, 5) is 1.30. The minimum Gasteiger partial charge on any atom is -0.505 e. The van der Waals surface area contributed by atoms with Gasteiger partial charge in [0.2, 0.25) is 0 Å². The Kier molecular flexibility index (Phi) is 4.46. The molecular formula is C12H15BrF3N3O. The summed E-state index contributed by atoms with van der Waals surface area (Å²) in [6.45, 7) is 1.47. The minimum absolute atomic E-state index is 0.0624. The van der Waals surface area contributed by atoms with Crippen LogP contribution in [0.3, 0.4) is 0 Å². The highest BCUT2D eigenvalue weighted by molar-refractivity contribution is 9.10. The number of halogens is 4. The molecule has 1 saturated heterocycles. The average molecular weight is 354 g/mol. The average Bonchev–Trinajstić information content (AvgIpc) is 2.39. The topological polar surface area (TPSA) is 61.5 Å². The number of piperazine rings is 1. The maximum Gasteiger partial charge on any atom is 0.408 e. The van der Waals surface area contributed by atoms with E-state index in [1.54, 1.807) is 0 Å². The van der Waals surface area contributed by atoms with E-state index < -0.39 is 18.0 Å². The van der Waals surface area contributed by atoms with Crippen molar-refractivity contribution in [3.63, 3.8) is 0 Å². The molecule has 8 heteroatoms. The van der Waals surface area contributed by atoms with Crippen LogP contribution in [-0.4, -0.2) is 42.4 Å². The third kappa shape index (κ3) is 3.02. The van der Waals surface area contributed by atoms with Crippen LogP contribution in [0.25, 0.3) is 0 Å².